The van der Waals surface area contributed by atoms with Gasteiger partial charge in [0.15, 0.2) is 0 Å². The monoisotopic (exact) mass is 248 g/mol. The standard InChI is InChI=1S/C14H17FN2O/c1-9-7-13(16-8-10(2)18-3)11-5-4-6-12(15)14(11)17-9/h4-7,10H,8H2,1-3H3,(H,16,17). The van der Waals surface area contributed by atoms with Crippen molar-refractivity contribution in [3.05, 3.63) is 35.8 Å². The Morgan fingerprint density at radius 1 is 1.44 bits per heavy atom. The van der Waals surface area contributed by atoms with Crippen LogP contribution in [-0.2, 0) is 4.74 Å². The van der Waals surface area contributed by atoms with Crippen molar-refractivity contribution in [2.24, 2.45) is 0 Å². The van der Waals surface area contributed by atoms with Gasteiger partial charge in [0.1, 0.15) is 11.3 Å². The number of ether oxygens (including phenoxy) is 1. The van der Waals surface area contributed by atoms with Gasteiger partial charge >= 0.3 is 0 Å². The maximum Gasteiger partial charge on any atom is 0.149 e. The second-order valence-electron chi connectivity index (χ2n) is 4.37. The highest BCUT2D eigenvalue weighted by Crippen LogP contribution is 2.24. The van der Waals surface area contributed by atoms with E-state index in [0.29, 0.717) is 12.1 Å². The molecule has 0 spiro atoms. The number of hydrogen-bond acceptors (Lipinski definition) is 3. The number of nitrogens with zero attached hydrogens (tertiary/aromatic N) is 1. The number of fused-ring (bicyclic) bond motifs is 1. The number of rotatable bonds is 4. The molecule has 1 heterocycles. The minimum absolute atomic E-state index is 0.0991. The highest BCUT2D eigenvalue weighted by Gasteiger charge is 2.08. The Bertz CT molecular complexity index is 557. The number of anilines is 1. The number of aromatic nitrogens is 1. The van der Waals surface area contributed by atoms with Crippen LogP contribution >= 0.6 is 0 Å². The van der Waals surface area contributed by atoms with Crippen LogP contribution in [0.3, 0.4) is 0 Å². The number of aryl methyl sites for hydroxylation is 1. The zero-order valence-electron chi connectivity index (χ0n) is 10.8. The van der Waals surface area contributed by atoms with E-state index in [2.05, 4.69) is 10.3 Å². The first-order valence-electron chi connectivity index (χ1n) is 5.94. The molecule has 1 aromatic carbocycles. The van der Waals surface area contributed by atoms with Crippen molar-refractivity contribution in [1.82, 2.24) is 4.98 Å². The van der Waals surface area contributed by atoms with Gasteiger partial charge in [0.2, 0.25) is 0 Å². The van der Waals surface area contributed by atoms with E-state index in [0.717, 1.165) is 16.8 Å². The molecule has 0 amide bonds. The summed E-state index contributed by atoms with van der Waals surface area (Å²) < 4.78 is 18.9. The summed E-state index contributed by atoms with van der Waals surface area (Å²) in [6, 6.07) is 6.91. The molecule has 0 radical (unpaired) electrons. The topological polar surface area (TPSA) is 34.1 Å². The lowest BCUT2D eigenvalue weighted by atomic mass is 10.1. The van der Waals surface area contributed by atoms with E-state index in [1.54, 1.807) is 13.2 Å². The molecule has 0 saturated carbocycles. The summed E-state index contributed by atoms with van der Waals surface area (Å²) in [5.74, 6) is -0.293. The first-order chi connectivity index (χ1) is 8.61. The van der Waals surface area contributed by atoms with Crippen LogP contribution in [0.25, 0.3) is 10.9 Å². The van der Waals surface area contributed by atoms with Gasteiger partial charge in [-0.05, 0) is 26.0 Å². The van der Waals surface area contributed by atoms with E-state index in [1.165, 1.54) is 6.07 Å². The summed E-state index contributed by atoms with van der Waals surface area (Å²) in [5.41, 5.74) is 2.09. The Morgan fingerprint density at radius 3 is 2.94 bits per heavy atom. The number of halogens is 1. The molecule has 2 aromatic rings. The van der Waals surface area contributed by atoms with Gasteiger partial charge in [-0.2, -0.15) is 0 Å². The van der Waals surface area contributed by atoms with E-state index in [4.69, 9.17) is 4.74 Å². The van der Waals surface area contributed by atoms with Gasteiger partial charge in [-0.1, -0.05) is 12.1 Å². The molecule has 0 bridgehead atoms. The predicted molar refractivity (Wildman–Crippen MR) is 71.4 cm³/mol. The summed E-state index contributed by atoms with van der Waals surface area (Å²) in [6.45, 7) is 4.51. The average molecular weight is 248 g/mol. The van der Waals surface area contributed by atoms with Crippen molar-refractivity contribution in [2.45, 2.75) is 20.0 Å². The Balaban J connectivity index is 2.40. The summed E-state index contributed by atoms with van der Waals surface area (Å²) in [5, 5.41) is 4.07. The molecule has 4 heteroatoms. The van der Waals surface area contributed by atoms with Gasteiger partial charge in [-0.3, -0.25) is 0 Å². The molecule has 1 N–H and O–H groups in total. The lowest BCUT2D eigenvalue weighted by molar-refractivity contribution is 0.129. The van der Waals surface area contributed by atoms with Crippen molar-refractivity contribution < 1.29 is 9.13 Å². The van der Waals surface area contributed by atoms with Crippen molar-refractivity contribution >= 4 is 16.6 Å². The first kappa shape index (κ1) is 12.8. The van der Waals surface area contributed by atoms with Gasteiger partial charge in [-0.25, -0.2) is 9.37 Å². The van der Waals surface area contributed by atoms with Crippen molar-refractivity contribution in [3.63, 3.8) is 0 Å². The zero-order chi connectivity index (χ0) is 13.1. The molecule has 96 valence electrons. The van der Waals surface area contributed by atoms with Crippen LogP contribution in [0.1, 0.15) is 12.6 Å². The van der Waals surface area contributed by atoms with Gasteiger partial charge < -0.3 is 10.1 Å². The zero-order valence-corrected chi connectivity index (χ0v) is 10.8. The van der Waals surface area contributed by atoms with Gasteiger partial charge in [0, 0.05) is 30.4 Å². The summed E-state index contributed by atoms with van der Waals surface area (Å²) >= 11 is 0. The quantitative estimate of drug-likeness (QED) is 0.902. The summed E-state index contributed by atoms with van der Waals surface area (Å²) in [7, 11) is 1.67. The number of methoxy groups -OCH3 is 1. The number of benzene rings is 1. The average Bonchev–Trinajstić information content (AvgIpc) is 2.36. The lowest BCUT2D eigenvalue weighted by Gasteiger charge is -2.14. The maximum atomic E-state index is 13.7. The molecule has 0 fully saturated rings. The minimum atomic E-state index is -0.293. The highest BCUT2D eigenvalue weighted by molar-refractivity contribution is 5.91. The molecule has 0 aliphatic heterocycles. The summed E-state index contributed by atoms with van der Waals surface area (Å²) in [6.07, 6.45) is 0.0991. The van der Waals surface area contributed by atoms with Crippen LogP contribution < -0.4 is 5.32 Å². The Morgan fingerprint density at radius 2 is 2.22 bits per heavy atom. The van der Waals surface area contributed by atoms with Crippen LogP contribution in [0.15, 0.2) is 24.3 Å². The smallest absolute Gasteiger partial charge is 0.149 e. The van der Waals surface area contributed by atoms with Crippen LogP contribution in [-0.4, -0.2) is 24.7 Å². The number of para-hydroxylation sites is 1. The largest absolute Gasteiger partial charge is 0.382 e. The Hall–Kier alpha value is -1.68. The fourth-order valence-corrected chi connectivity index (χ4v) is 1.82. The van der Waals surface area contributed by atoms with Gasteiger partial charge in [-0.15, -0.1) is 0 Å². The number of nitrogens with one attached hydrogen (secondary N) is 1. The molecule has 1 atom stereocenters. The lowest BCUT2D eigenvalue weighted by Crippen LogP contribution is -2.18. The second kappa shape index (κ2) is 5.31. The molecular formula is C14H17FN2O. The molecule has 2 rings (SSSR count). The Labute approximate surface area is 106 Å². The van der Waals surface area contributed by atoms with Crippen LogP contribution in [0.2, 0.25) is 0 Å². The molecule has 18 heavy (non-hydrogen) atoms. The fraction of sp³-hybridized carbons (Fsp3) is 0.357. The fourth-order valence-electron chi connectivity index (χ4n) is 1.82. The first-order valence-corrected chi connectivity index (χ1v) is 5.94. The SMILES string of the molecule is COC(C)CNc1cc(C)nc2c(F)cccc12. The van der Waals surface area contributed by atoms with Crippen LogP contribution in [0.5, 0.6) is 0 Å². The van der Waals surface area contributed by atoms with E-state index in [1.807, 2.05) is 26.0 Å². The van der Waals surface area contributed by atoms with Crippen molar-refractivity contribution in [3.8, 4) is 0 Å². The molecule has 3 nitrogen and oxygen atoms in total. The third kappa shape index (κ3) is 2.59. The number of hydrogen-bond donors (Lipinski definition) is 1. The Kier molecular flexibility index (Phi) is 3.77. The molecule has 0 aliphatic rings. The maximum absolute atomic E-state index is 13.7. The van der Waals surface area contributed by atoms with Crippen molar-refractivity contribution in [2.75, 3.05) is 19.0 Å². The molecule has 0 saturated heterocycles. The van der Waals surface area contributed by atoms with E-state index >= 15 is 0 Å². The van der Waals surface area contributed by atoms with Crippen molar-refractivity contribution in [1.29, 1.82) is 0 Å². The van der Waals surface area contributed by atoms with Gasteiger partial charge in [0.05, 0.1) is 6.10 Å². The second-order valence-corrected chi connectivity index (χ2v) is 4.37. The van der Waals surface area contributed by atoms with E-state index in [-0.39, 0.29) is 11.9 Å². The third-order valence-corrected chi connectivity index (χ3v) is 2.90. The third-order valence-electron chi connectivity index (χ3n) is 2.90. The van der Waals surface area contributed by atoms with Crippen LogP contribution in [0.4, 0.5) is 10.1 Å². The molecular weight excluding hydrogens is 231 g/mol. The van der Waals surface area contributed by atoms with E-state index in [9.17, 15) is 4.39 Å². The van der Waals surface area contributed by atoms with E-state index < -0.39 is 0 Å². The highest BCUT2D eigenvalue weighted by atomic mass is 19.1. The predicted octanol–water partition coefficient (Wildman–Crippen LogP) is 3.13. The minimum Gasteiger partial charge on any atom is -0.382 e. The molecule has 1 aromatic heterocycles. The molecule has 1 unspecified atom stereocenters. The van der Waals surface area contributed by atoms with Crippen LogP contribution in [0, 0.1) is 12.7 Å². The molecule has 0 aliphatic carbocycles. The summed E-state index contributed by atoms with van der Waals surface area (Å²) in [4.78, 5) is 4.24. The number of pyridine rings is 1. The normalized spacial score (nSPS) is 12.7. The van der Waals surface area contributed by atoms with Gasteiger partial charge in [0.25, 0.3) is 0 Å².